The number of primary amides is 2. The van der Waals surface area contributed by atoms with Gasteiger partial charge in [-0.25, -0.2) is 19.6 Å². The van der Waals surface area contributed by atoms with Crippen LogP contribution in [0.1, 0.15) is 87.7 Å². The first kappa shape index (κ1) is 53.1. The molecule has 0 aliphatic rings. The van der Waals surface area contributed by atoms with E-state index in [9.17, 15) is 28.8 Å². The van der Waals surface area contributed by atoms with E-state index in [0.29, 0.717) is 41.2 Å². The fraction of sp³-hybridized carbons (Fsp3) is 0.312. The van der Waals surface area contributed by atoms with Crippen LogP contribution in [-0.2, 0) is 30.9 Å². The van der Waals surface area contributed by atoms with E-state index < -0.39 is 41.4 Å². The molecule has 2 aromatic carbocycles. The van der Waals surface area contributed by atoms with Crippen molar-refractivity contribution in [2.45, 2.75) is 80.2 Å². The molecule has 0 unspecified atom stereocenters. The summed E-state index contributed by atoms with van der Waals surface area (Å²) in [6.45, 7) is 13.4. The Morgan fingerprint density at radius 3 is 1.68 bits per heavy atom. The summed E-state index contributed by atoms with van der Waals surface area (Å²) in [5.74, 6) is -2.31. The van der Waals surface area contributed by atoms with Crippen molar-refractivity contribution in [2.24, 2.45) is 22.2 Å². The number of anilines is 2. The van der Waals surface area contributed by atoms with E-state index in [1.54, 1.807) is 84.9 Å². The van der Waals surface area contributed by atoms with Crippen LogP contribution in [0.5, 0.6) is 11.5 Å². The molecular formula is C48H58N16O9. The van der Waals surface area contributed by atoms with E-state index in [0.717, 1.165) is 6.20 Å². The normalized spacial score (nSPS) is 12.0. The van der Waals surface area contributed by atoms with Gasteiger partial charge in [-0.05, 0) is 84.9 Å². The number of alkyl carbamates (subject to hydrolysis) is 1. The van der Waals surface area contributed by atoms with Crippen molar-refractivity contribution >= 4 is 76.0 Å². The number of allylic oxidation sites excluding steroid dienone is 3. The highest BCUT2D eigenvalue weighted by atomic mass is 16.6. The van der Waals surface area contributed by atoms with Crippen LogP contribution in [-0.4, -0.2) is 106 Å². The van der Waals surface area contributed by atoms with Gasteiger partial charge in [0.15, 0.2) is 5.75 Å². The molecule has 0 bridgehead atoms. The molecule has 0 atom stereocenters. The monoisotopic (exact) mass is 1000 g/mol. The van der Waals surface area contributed by atoms with Gasteiger partial charge in [-0.2, -0.15) is 10.2 Å². The Kier molecular flexibility index (Phi) is 16.8. The maximum Gasteiger partial charge on any atom is 0.412 e. The Morgan fingerprint density at radius 2 is 1.22 bits per heavy atom. The number of aliphatic imine (C=N–C) groups is 1. The number of methoxy groups -OCH3 is 1. The quantitative estimate of drug-likeness (QED) is 0.0411. The molecule has 4 heterocycles. The van der Waals surface area contributed by atoms with Gasteiger partial charge in [0.25, 0.3) is 11.8 Å². The Morgan fingerprint density at radius 1 is 0.712 bits per heavy atom. The van der Waals surface area contributed by atoms with Gasteiger partial charge in [0.1, 0.15) is 33.8 Å². The number of carbonyl (C=O) groups is 6. The summed E-state index contributed by atoms with van der Waals surface area (Å²) >= 11 is 0. The van der Waals surface area contributed by atoms with Gasteiger partial charge in [-0.3, -0.25) is 49.5 Å². The molecular weight excluding hydrogens is 945 g/mol. The largest absolute Gasteiger partial charge is 0.494 e. The van der Waals surface area contributed by atoms with Gasteiger partial charge in [0.05, 0.1) is 41.8 Å². The number of nitrogens with two attached hydrogens (primary N) is 3. The fourth-order valence-corrected chi connectivity index (χ4v) is 7.34. The van der Waals surface area contributed by atoms with Crippen molar-refractivity contribution in [2.75, 3.05) is 30.8 Å². The SMILES string of the molecule is CCn1nc(C)cc1C(=O)Nc1nc2cc(C(N)=O)cc(OC)c2n1C/C=C/Cn1c(NC(=O)c2cc(C)nn2CC)nc2cc(C(N)=O)cc(OC(=O)NC/C=C/CN=C/C(=C\N)NC(=O)OC(C)(C)C)c21. The average molecular weight is 1000 g/mol. The lowest BCUT2D eigenvalue weighted by Crippen LogP contribution is -2.32. The number of ether oxygens (including phenoxy) is 3. The van der Waals surface area contributed by atoms with Crippen molar-refractivity contribution in [3.8, 4) is 11.5 Å². The number of hydrogen-bond donors (Lipinski definition) is 7. The minimum atomic E-state index is -0.908. The van der Waals surface area contributed by atoms with Gasteiger partial charge in [-0.1, -0.05) is 24.3 Å². The molecule has 0 aliphatic heterocycles. The molecule has 6 rings (SSSR count). The van der Waals surface area contributed by atoms with Crippen molar-refractivity contribution in [1.29, 1.82) is 0 Å². The number of aromatic nitrogens is 8. The second kappa shape index (κ2) is 23.1. The fourth-order valence-electron chi connectivity index (χ4n) is 7.34. The van der Waals surface area contributed by atoms with Crippen LogP contribution in [0, 0.1) is 13.8 Å². The van der Waals surface area contributed by atoms with E-state index in [1.807, 2.05) is 13.8 Å². The molecule has 0 spiro atoms. The number of benzene rings is 2. The van der Waals surface area contributed by atoms with Crippen molar-refractivity contribution in [3.63, 3.8) is 0 Å². The van der Waals surface area contributed by atoms with Crippen LogP contribution in [0.3, 0.4) is 0 Å². The number of fused-ring (bicyclic) bond motifs is 2. The molecule has 25 heteroatoms. The number of carbonyl (C=O) groups excluding carboxylic acids is 6. The van der Waals surface area contributed by atoms with E-state index >= 15 is 0 Å². The number of hydrogen-bond acceptors (Lipinski definition) is 15. The first-order chi connectivity index (χ1) is 34.7. The maximum absolute atomic E-state index is 13.9. The van der Waals surface area contributed by atoms with Crippen LogP contribution >= 0.6 is 0 Å². The average Bonchev–Trinajstić information content (AvgIpc) is 4.10. The highest BCUT2D eigenvalue weighted by Gasteiger charge is 2.25. The van der Waals surface area contributed by atoms with Gasteiger partial charge < -0.3 is 45.9 Å². The van der Waals surface area contributed by atoms with Gasteiger partial charge in [-0.15, -0.1) is 0 Å². The lowest BCUT2D eigenvalue weighted by molar-refractivity contribution is 0.0548. The summed E-state index contributed by atoms with van der Waals surface area (Å²) in [4.78, 5) is 91.5. The van der Waals surface area contributed by atoms with Crippen LogP contribution < -0.4 is 47.9 Å². The van der Waals surface area contributed by atoms with E-state index in [4.69, 9.17) is 31.4 Å². The number of aryl methyl sites for hydroxylation is 4. The van der Waals surface area contributed by atoms with Crippen LogP contribution in [0.4, 0.5) is 21.5 Å². The molecule has 73 heavy (non-hydrogen) atoms. The Balaban J connectivity index is 1.31. The van der Waals surface area contributed by atoms with E-state index in [-0.39, 0.29) is 83.1 Å². The smallest absolute Gasteiger partial charge is 0.412 e. The zero-order valence-electron chi connectivity index (χ0n) is 41.6. The summed E-state index contributed by atoms with van der Waals surface area (Å²) < 4.78 is 23.0. The lowest BCUT2D eigenvalue weighted by Gasteiger charge is -2.19. The van der Waals surface area contributed by atoms with Crippen molar-refractivity contribution in [3.05, 3.63) is 107 Å². The molecule has 0 radical (unpaired) electrons. The third-order valence-corrected chi connectivity index (χ3v) is 10.5. The molecule has 6 aromatic rings. The molecule has 4 aromatic heterocycles. The number of imidazole rings is 2. The topological polar surface area (TPSA) is 340 Å². The summed E-state index contributed by atoms with van der Waals surface area (Å²) in [6, 6.07) is 8.93. The number of rotatable bonds is 20. The van der Waals surface area contributed by atoms with Gasteiger partial charge in [0.2, 0.25) is 23.7 Å². The summed E-state index contributed by atoms with van der Waals surface area (Å²) in [6.07, 6.45) is 7.64. The highest BCUT2D eigenvalue weighted by molar-refractivity contribution is 6.05. The highest BCUT2D eigenvalue weighted by Crippen LogP contribution is 2.33. The van der Waals surface area contributed by atoms with Crippen LogP contribution in [0.2, 0.25) is 0 Å². The Labute approximate surface area is 418 Å². The minimum Gasteiger partial charge on any atom is -0.494 e. The van der Waals surface area contributed by atoms with Crippen LogP contribution in [0.25, 0.3) is 22.1 Å². The Bertz CT molecular complexity index is 3220. The molecule has 384 valence electrons. The predicted molar refractivity (Wildman–Crippen MR) is 272 cm³/mol. The maximum atomic E-state index is 13.9. The third kappa shape index (κ3) is 13.1. The van der Waals surface area contributed by atoms with Crippen molar-refractivity contribution in [1.82, 2.24) is 49.3 Å². The standard InChI is InChI=1S/C48H58N16O9/c1-9-63-34(19-27(3)59-63)42(67)57-44-55-32-21-29(40(50)65)23-36(71-8)38(32)61(44)17-13-14-18-62-39-33(56-45(62)58-43(68)35-20-28(4)60-64(35)10-2)22-30(41(51)66)24-37(39)72-46(69)53-16-12-11-15-52-26-31(25-49)54-47(70)73-48(5,6)7/h11-14,19-26H,9-10,15-18,49H2,1-8H3,(H2,50,65)(H2,51,66)(H,53,69)(H,54,70)(H,55,57,67)(H,56,58,68)/b12-11+,14-13+,31-25+,52-26?. The third-order valence-electron chi connectivity index (χ3n) is 10.5. The molecule has 0 fully saturated rings. The molecule has 0 saturated heterocycles. The molecule has 0 saturated carbocycles. The van der Waals surface area contributed by atoms with Gasteiger partial charge in [0, 0.05) is 56.3 Å². The Hall–Kier alpha value is -9.29. The summed E-state index contributed by atoms with van der Waals surface area (Å²) in [5, 5.41) is 19.6. The first-order valence-electron chi connectivity index (χ1n) is 22.8. The summed E-state index contributed by atoms with van der Waals surface area (Å²) in [5.41, 5.74) is 19.5. The molecule has 6 amide bonds. The second-order valence-electron chi connectivity index (χ2n) is 17.0. The van der Waals surface area contributed by atoms with Gasteiger partial charge >= 0.3 is 12.2 Å². The lowest BCUT2D eigenvalue weighted by atomic mass is 10.1. The number of nitrogens with zero attached hydrogens (tertiary/aromatic N) is 9. The summed E-state index contributed by atoms with van der Waals surface area (Å²) in [7, 11) is 1.42. The van der Waals surface area contributed by atoms with E-state index in [1.165, 1.54) is 42.3 Å². The number of nitrogens with one attached hydrogen (secondary N) is 4. The zero-order valence-corrected chi connectivity index (χ0v) is 41.6. The molecule has 10 N–H and O–H groups in total. The zero-order chi connectivity index (χ0) is 53.1. The van der Waals surface area contributed by atoms with Crippen molar-refractivity contribution < 1.29 is 43.0 Å². The van der Waals surface area contributed by atoms with Crippen LogP contribution in [0.15, 0.2) is 77.6 Å². The predicted octanol–water partition coefficient (Wildman–Crippen LogP) is 4.44. The minimum absolute atomic E-state index is 0.00152. The number of amides is 6. The first-order valence-corrected chi connectivity index (χ1v) is 22.8. The molecule has 0 aliphatic carbocycles. The van der Waals surface area contributed by atoms with E-state index in [2.05, 4.69) is 46.4 Å². The second-order valence-corrected chi connectivity index (χ2v) is 17.0. The molecule has 25 nitrogen and oxygen atoms in total.